The van der Waals surface area contributed by atoms with Gasteiger partial charge in [-0.15, -0.1) is 0 Å². The first-order valence-corrected chi connectivity index (χ1v) is 8.67. The molecule has 0 aliphatic carbocycles. The third-order valence-corrected chi connectivity index (χ3v) is 4.81. The molecule has 0 atom stereocenters. The lowest BCUT2D eigenvalue weighted by molar-refractivity contribution is 0.111. The fourth-order valence-electron chi connectivity index (χ4n) is 2.66. The highest BCUT2D eigenvalue weighted by Gasteiger charge is 2.19. The molecule has 0 aliphatic heterocycles. The smallest absolute Gasteiger partial charge is 0.176 e. The first-order chi connectivity index (χ1) is 10.4. The number of aryl methyl sites for hydroxylation is 1. The maximum Gasteiger partial charge on any atom is 0.176 e. The van der Waals surface area contributed by atoms with Gasteiger partial charge in [-0.3, -0.25) is 4.79 Å². The van der Waals surface area contributed by atoms with Crippen molar-refractivity contribution in [2.45, 2.75) is 11.8 Å². The van der Waals surface area contributed by atoms with Crippen LogP contribution in [0.1, 0.15) is 16.1 Å². The number of benzene rings is 1. The van der Waals surface area contributed by atoms with E-state index in [1.54, 1.807) is 28.8 Å². The Kier molecular flexibility index (Phi) is 3.37. The fourth-order valence-corrected chi connectivity index (χ4v) is 3.54. The molecule has 0 saturated heterocycles. The van der Waals surface area contributed by atoms with Gasteiger partial charge in [-0.25, -0.2) is 8.42 Å². The van der Waals surface area contributed by atoms with Crippen molar-refractivity contribution in [2.24, 2.45) is 0 Å². The van der Waals surface area contributed by atoms with Crippen LogP contribution in [-0.4, -0.2) is 25.4 Å². The van der Waals surface area contributed by atoms with E-state index in [9.17, 15) is 13.2 Å². The van der Waals surface area contributed by atoms with E-state index in [0.29, 0.717) is 16.8 Å². The number of carbonyl (C=O) groups is 1. The van der Waals surface area contributed by atoms with Crippen LogP contribution in [0.2, 0.25) is 0 Å². The Morgan fingerprint density at radius 2 is 1.82 bits per heavy atom. The predicted molar refractivity (Wildman–Crippen MR) is 86.1 cm³/mol. The summed E-state index contributed by atoms with van der Waals surface area (Å²) in [5.74, 6) is 0. The summed E-state index contributed by atoms with van der Waals surface area (Å²) >= 11 is 0. The number of nitrogens with zero attached hydrogens (tertiary/aromatic N) is 1. The number of aldehydes is 1. The molecular formula is C17H15NO3S. The van der Waals surface area contributed by atoms with Crippen molar-refractivity contribution in [1.82, 2.24) is 4.40 Å². The summed E-state index contributed by atoms with van der Waals surface area (Å²) in [7, 11) is -3.39. The molecule has 0 bridgehead atoms. The molecule has 0 aliphatic rings. The first kappa shape index (κ1) is 14.5. The predicted octanol–water partition coefficient (Wildman–Crippen LogP) is 3.13. The summed E-state index contributed by atoms with van der Waals surface area (Å²) in [6, 6.07) is 12.6. The van der Waals surface area contributed by atoms with E-state index in [1.807, 2.05) is 31.2 Å². The minimum atomic E-state index is -3.39. The van der Waals surface area contributed by atoms with Crippen LogP contribution < -0.4 is 0 Å². The van der Waals surface area contributed by atoms with Crippen LogP contribution in [0.4, 0.5) is 0 Å². The summed E-state index contributed by atoms with van der Waals surface area (Å²) in [6.07, 6.45) is 3.73. The minimum Gasteiger partial charge on any atom is -0.314 e. The van der Waals surface area contributed by atoms with Crippen LogP contribution in [0, 0.1) is 6.92 Å². The van der Waals surface area contributed by atoms with Crippen LogP contribution in [0.3, 0.4) is 0 Å². The molecule has 0 fully saturated rings. The summed E-state index contributed by atoms with van der Waals surface area (Å²) in [5.41, 5.74) is 3.43. The zero-order valence-corrected chi connectivity index (χ0v) is 13.1. The normalized spacial score (nSPS) is 11.7. The van der Waals surface area contributed by atoms with Gasteiger partial charge in [0.2, 0.25) is 0 Å². The number of hydrogen-bond acceptors (Lipinski definition) is 3. The number of fused-ring (bicyclic) bond motifs is 1. The Morgan fingerprint density at radius 1 is 1.05 bits per heavy atom. The molecule has 0 saturated carbocycles. The second-order valence-electron chi connectivity index (χ2n) is 5.33. The van der Waals surface area contributed by atoms with Crippen molar-refractivity contribution >= 4 is 21.6 Å². The largest absolute Gasteiger partial charge is 0.314 e. The molecule has 2 heterocycles. The highest BCUT2D eigenvalue weighted by atomic mass is 32.2. The molecule has 5 heteroatoms. The lowest BCUT2D eigenvalue weighted by Crippen LogP contribution is -2.01. The second-order valence-corrected chi connectivity index (χ2v) is 7.31. The molecule has 2 aromatic heterocycles. The van der Waals surface area contributed by atoms with E-state index in [0.717, 1.165) is 17.4 Å². The van der Waals surface area contributed by atoms with Crippen LogP contribution in [-0.2, 0) is 9.84 Å². The molecule has 3 aromatic rings. The fraction of sp³-hybridized carbons (Fsp3) is 0.118. The molecule has 112 valence electrons. The Labute approximate surface area is 128 Å². The number of rotatable bonds is 3. The highest BCUT2D eigenvalue weighted by molar-refractivity contribution is 7.90. The molecule has 1 aromatic carbocycles. The Morgan fingerprint density at radius 3 is 2.50 bits per heavy atom. The van der Waals surface area contributed by atoms with Crippen LogP contribution in [0.15, 0.2) is 53.6 Å². The van der Waals surface area contributed by atoms with E-state index in [4.69, 9.17) is 0 Å². The van der Waals surface area contributed by atoms with Crippen molar-refractivity contribution in [1.29, 1.82) is 0 Å². The third kappa shape index (κ3) is 2.33. The SMILES string of the molecule is Cc1ccc(S(C)(=O)=O)c(-c2cc3ccccn3c2C=O)c1. The topological polar surface area (TPSA) is 55.6 Å². The van der Waals surface area contributed by atoms with E-state index < -0.39 is 9.84 Å². The van der Waals surface area contributed by atoms with Gasteiger partial charge < -0.3 is 4.40 Å². The number of carbonyl (C=O) groups excluding carboxylic acids is 1. The molecule has 0 radical (unpaired) electrons. The van der Waals surface area contributed by atoms with Crippen molar-refractivity contribution in [3.63, 3.8) is 0 Å². The molecular weight excluding hydrogens is 298 g/mol. The van der Waals surface area contributed by atoms with E-state index >= 15 is 0 Å². The van der Waals surface area contributed by atoms with Gasteiger partial charge in [0.1, 0.15) is 0 Å². The monoisotopic (exact) mass is 313 g/mol. The highest BCUT2D eigenvalue weighted by Crippen LogP contribution is 2.32. The zero-order chi connectivity index (χ0) is 15.9. The summed E-state index contributed by atoms with van der Waals surface area (Å²) in [5, 5.41) is 0. The van der Waals surface area contributed by atoms with Gasteiger partial charge in [0.25, 0.3) is 0 Å². The van der Waals surface area contributed by atoms with Gasteiger partial charge in [-0.2, -0.15) is 0 Å². The summed E-state index contributed by atoms with van der Waals surface area (Å²) < 4.78 is 25.9. The van der Waals surface area contributed by atoms with Crippen molar-refractivity contribution < 1.29 is 13.2 Å². The summed E-state index contributed by atoms with van der Waals surface area (Å²) in [6.45, 7) is 1.89. The Hall–Kier alpha value is -2.40. The lowest BCUT2D eigenvalue weighted by Gasteiger charge is -2.09. The van der Waals surface area contributed by atoms with Crippen LogP contribution >= 0.6 is 0 Å². The molecule has 0 unspecified atom stereocenters. The van der Waals surface area contributed by atoms with Gasteiger partial charge in [0, 0.05) is 29.1 Å². The zero-order valence-electron chi connectivity index (χ0n) is 12.3. The Balaban J connectivity index is 2.42. The average Bonchev–Trinajstić information content (AvgIpc) is 2.84. The van der Waals surface area contributed by atoms with Crippen LogP contribution in [0.5, 0.6) is 0 Å². The van der Waals surface area contributed by atoms with Gasteiger partial charge >= 0.3 is 0 Å². The lowest BCUT2D eigenvalue weighted by atomic mass is 10.0. The average molecular weight is 313 g/mol. The van der Waals surface area contributed by atoms with Crippen LogP contribution in [0.25, 0.3) is 16.6 Å². The molecule has 0 spiro atoms. The van der Waals surface area contributed by atoms with Gasteiger partial charge in [0.15, 0.2) is 16.1 Å². The number of hydrogen-bond donors (Lipinski definition) is 0. The van der Waals surface area contributed by atoms with Gasteiger partial charge in [-0.05, 0) is 31.2 Å². The first-order valence-electron chi connectivity index (χ1n) is 6.78. The standard InChI is InChI=1S/C17H15NO3S/c1-12-6-7-17(22(2,20)21)15(9-12)14-10-13-5-3-4-8-18(13)16(14)11-19/h3-11H,1-2H3. The summed E-state index contributed by atoms with van der Waals surface area (Å²) in [4.78, 5) is 11.8. The van der Waals surface area contributed by atoms with E-state index in [-0.39, 0.29) is 4.90 Å². The number of aromatic nitrogens is 1. The number of sulfone groups is 1. The van der Waals surface area contributed by atoms with E-state index in [1.165, 1.54) is 6.26 Å². The van der Waals surface area contributed by atoms with Gasteiger partial charge in [0.05, 0.1) is 10.6 Å². The Bertz CT molecular complexity index is 984. The molecule has 22 heavy (non-hydrogen) atoms. The minimum absolute atomic E-state index is 0.233. The molecule has 0 N–H and O–H groups in total. The van der Waals surface area contributed by atoms with Crippen molar-refractivity contribution in [3.8, 4) is 11.1 Å². The van der Waals surface area contributed by atoms with Crippen molar-refractivity contribution in [2.75, 3.05) is 6.26 Å². The van der Waals surface area contributed by atoms with Crippen molar-refractivity contribution in [3.05, 3.63) is 59.9 Å². The quantitative estimate of drug-likeness (QED) is 0.698. The maximum absolute atomic E-state index is 12.1. The van der Waals surface area contributed by atoms with E-state index in [2.05, 4.69) is 0 Å². The molecule has 4 nitrogen and oxygen atoms in total. The maximum atomic E-state index is 12.1. The third-order valence-electron chi connectivity index (χ3n) is 3.66. The van der Waals surface area contributed by atoms with Gasteiger partial charge in [-0.1, -0.05) is 23.8 Å². The number of pyridine rings is 1. The molecule has 0 amide bonds. The second kappa shape index (κ2) is 5.10. The molecule has 3 rings (SSSR count).